The van der Waals surface area contributed by atoms with E-state index in [1.54, 1.807) is 7.11 Å². The lowest BCUT2D eigenvalue weighted by Crippen LogP contribution is -2.45. The van der Waals surface area contributed by atoms with Crippen LogP contribution in [0.15, 0.2) is 42.6 Å². The van der Waals surface area contributed by atoms with Gasteiger partial charge >= 0.3 is 0 Å². The third-order valence-electron chi connectivity index (χ3n) is 4.70. The number of hydrogen-bond donors (Lipinski definition) is 1. The fraction of sp³-hybridized carbons (Fsp3) is 0.455. The van der Waals surface area contributed by atoms with Gasteiger partial charge in [-0.1, -0.05) is 6.07 Å². The number of nitrogens with one attached hydrogen (secondary N) is 1. The second kappa shape index (κ2) is 10.1. The number of methoxy groups -OCH3 is 1. The molecule has 2 aromatic rings. The van der Waals surface area contributed by atoms with Crippen molar-refractivity contribution in [3.8, 4) is 11.5 Å². The first-order valence-corrected chi connectivity index (χ1v) is 9.92. The van der Waals surface area contributed by atoms with Crippen molar-refractivity contribution in [1.29, 1.82) is 0 Å². The molecule has 29 heavy (non-hydrogen) atoms. The van der Waals surface area contributed by atoms with Crippen molar-refractivity contribution in [3.05, 3.63) is 48.2 Å². The lowest BCUT2D eigenvalue weighted by atomic mass is 10.2. The molecule has 1 aromatic heterocycles. The minimum Gasteiger partial charge on any atom is -0.497 e. The van der Waals surface area contributed by atoms with Gasteiger partial charge in [0, 0.05) is 25.8 Å². The molecule has 0 saturated carbocycles. The van der Waals surface area contributed by atoms with Crippen LogP contribution in [-0.4, -0.2) is 49.9 Å². The van der Waals surface area contributed by atoms with E-state index in [2.05, 4.69) is 29.0 Å². The van der Waals surface area contributed by atoms with Gasteiger partial charge in [0.1, 0.15) is 17.3 Å². The summed E-state index contributed by atoms with van der Waals surface area (Å²) >= 11 is 0. The number of carbonyl (C=O) groups excluding carboxylic acids is 1. The maximum absolute atomic E-state index is 12.0. The van der Waals surface area contributed by atoms with Crippen LogP contribution in [0.5, 0.6) is 11.5 Å². The van der Waals surface area contributed by atoms with Crippen LogP contribution in [0.2, 0.25) is 0 Å². The molecule has 0 radical (unpaired) electrons. The van der Waals surface area contributed by atoms with Gasteiger partial charge in [0.15, 0.2) is 0 Å². The third-order valence-corrected chi connectivity index (χ3v) is 4.70. The van der Waals surface area contributed by atoms with Crippen molar-refractivity contribution in [2.24, 2.45) is 0 Å². The van der Waals surface area contributed by atoms with Crippen LogP contribution in [0.3, 0.4) is 0 Å². The van der Waals surface area contributed by atoms with Gasteiger partial charge in [-0.15, -0.1) is 0 Å². The highest BCUT2D eigenvalue weighted by Gasteiger charge is 2.22. The molecule has 156 valence electrons. The average molecular weight is 399 g/mol. The second-order valence-corrected chi connectivity index (χ2v) is 7.24. The molecule has 2 heterocycles. The fourth-order valence-corrected chi connectivity index (χ4v) is 3.30. The van der Waals surface area contributed by atoms with Gasteiger partial charge in [0.05, 0.1) is 32.3 Å². The fourth-order valence-electron chi connectivity index (χ4n) is 3.30. The maximum atomic E-state index is 12.0. The van der Waals surface area contributed by atoms with Gasteiger partial charge in [-0.05, 0) is 49.7 Å². The van der Waals surface area contributed by atoms with Crippen molar-refractivity contribution >= 4 is 11.7 Å². The van der Waals surface area contributed by atoms with Gasteiger partial charge in [-0.3, -0.25) is 4.79 Å². The van der Waals surface area contributed by atoms with Crippen molar-refractivity contribution in [1.82, 2.24) is 10.3 Å². The van der Waals surface area contributed by atoms with Crippen molar-refractivity contribution in [3.63, 3.8) is 0 Å². The zero-order valence-electron chi connectivity index (χ0n) is 17.3. The molecular weight excluding hydrogens is 370 g/mol. The van der Waals surface area contributed by atoms with E-state index >= 15 is 0 Å². The van der Waals surface area contributed by atoms with Crippen LogP contribution in [-0.2, 0) is 16.1 Å². The summed E-state index contributed by atoms with van der Waals surface area (Å²) in [5.74, 6) is 2.37. The van der Waals surface area contributed by atoms with E-state index < -0.39 is 0 Å². The number of anilines is 1. The number of hydrogen-bond acceptors (Lipinski definition) is 6. The largest absolute Gasteiger partial charge is 0.497 e. The molecular formula is C22H29N3O4. The van der Waals surface area contributed by atoms with Crippen LogP contribution < -0.4 is 19.7 Å². The van der Waals surface area contributed by atoms with Crippen LogP contribution in [0.25, 0.3) is 0 Å². The molecule has 0 aliphatic carbocycles. The summed E-state index contributed by atoms with van der Waals surface area (Å²) in [6, 6.07) is 11.3. The monoisotopic (exact) mass is 399 g/mol. The number of pyridine rings is 1. The number of benzene rings is 1. The first-order valence-electron chi connectivity index (χ1n) is 9.92. The molecule has 2 unspecified atom stereocenters. The summed E-state index contributed by atoms with van der Waals surface area (Å²) in [7, 11) is 1.62. The molecule has 1 fully saturated rings. The van der Waals surface area contributed by atoms with Crippen LogP contribution >= 0.6 is 0 Å². The normalized spacial score (nSPS) is 18.9. The molecule has 7 nitrogen and oxygen atoms in total. The molecule has 1 aliphatic heterocycles. The summed E-state index contributed by atoms with van der Waals surface area (Å²) in [4.78, 5) is 18.8. The molecule has 1 saturated heterocycles. The molecule has 2 atom stereocenters. The predicted molar refractivity (Wildman–Crippen MR) is 111 cm³/mol. The van der Waals surface area contributed by atoms with E-state index in [9.17, 15) is 4.79 Å². The molecule has 1 N–H and O–H groups in total. The minimum atomic E-state index is -0.0570. The summed E-state index contributed by atoms with van der Waals surface area (Å²) in [6.45, 7) is 6.59. The summed E-state index contributed by atoms with van der Waals surface area (Å²) < 4.78 is 16.5. The van der Waals surface area contributed by atoms with E-state index in [1.165, 1.54) is 0 Å². The first-order chi connectivity index (χ1) is 14.0. The first kappa shape index (κ1) is 20.9. The number of nitrogens with zero attached hydrogens (tertiary/aromatic N) is 2. The Balaban J connectivity index is 1.39. The topological polar surface area (TPSA) is 72.9 Å². The summed E-state index contributed by atoms with van der Waals surface area (Å²) in [6.07, 6.45) is 2.49. The van der Waals surface area contributed by atoms with Crippen LogP contribution in [0.1, 0.15) is 25.8 Å². The zero-order chi connectivity index (χ0) is 20.6. The van der Waals surface area contributed by atoms with Crippen molar-refractivity contribution < 1.29 is 19.0 Å². The Morgan fingerprint density at radius 2 is 1.83 bits per heavy atom. The Morgan fingerprint density at radius 3 is 2.45 bits per heavy atom. The van der Waals surface area contributed by atoms with E-state index in [0.29, 0.717) is 25.3 Å². The molecule has 3 rings (SSSR count). The number of aromatic nitrogens is 1. The van der Waals surface area contributed by atoms with Gasteiger partial charge in [-0.2, -0.15) is 0 Å². The third kappa shape index (κ3) is 6.35. The quantitative estimate of drug-likeness (QED) is 0.736. The molecule has 0 spiro atoms. The molecule has 1 amide bonds. The number of ether oxygens (including phenoxy) is 3. The van der Waals surface area contributed by atoms with E-state index in [-0.39, 0.29) is 18.1 Å². The standard InChI is InChI=1S/C22H29N3O4/c1-16-14-25(15-17(2)29-16)21-9-4-18(12-23-21)13-24-22(26)10-11-28-20-7-5-19(27-3)6-8-20/h4-9,12,16-17H,10-11,13-15H2,1-3H3,(H,24,26). The van der Waals surface area contributed by atoms with Crippen LogP contribution in [0, 0.1) is 0 Å². The number of morpholine rings is 1. The predicted octanol–water partition coefficient (Wildman–Crippen LogP) is 2.79. The lowest BCUT2D eigenvalue weighted by molar-refractivity contribution is -0.121. The summed E-state index contributed by atoms with van der Waals surface area (Å²) in [5.41, 5.74) is 0.965. The van der Waals surface area contributed by atoms with E-state index in [1.807, 2.05) is 42.6 Å². The second-order valence-electron chi connectivity index (χ2n) is 7.24. The molecule has 1 aliphatic rings. The SMILES string of the molecule is COc1ccc(OCCC(=O)NCc2ccc(N3CC(C)OC(C)C3)nc2)cc1. The Hall–Kier alpha value is -2.80. The lowest BCUT2D eigenvalue weighted by Gasteiger charge is -2.36. The van der Waals surface area contributed by atoms with Crippen LogP contribution in [0.4, 0.5) is 5.82 Å². The summed E-state index contributed by atoms with van der Waals surface area (Å²) in [5, 5.41) is 2.90. The van der Waals surface area contributed by atoms with Gasteiger partial charge in [0.25, 0.3) is 0 Å². The Morgan fingerprint density at radius 1 is 1.14 bits per heavy atom. The highest BCUT2D eigenvalue weighted by atomic mass is 16.5. The Kier molecular flexibility index (Phi) is 7.30. The van der Waals surface area contributed by atoms with E-state index in [4.69, 9.17) is 14.2 Å². The molecule has 1 aromatic carbocycles. The molecule has 7 heteroatoms. The van der Waals surface area contributed by atoms with Gasteiger partial charge in [0.2, 0.25) is 5.91 Å². The Bertz CT molecular complexity index is 770. The number of amides is 1. The van der Waals surface area contributed by atoms with Gasteiger partial charge < -0.3 is 24.4 Å². The van der Waals surface area contributed by atoms with E-state index in [0.717, 1.165) is 30.2 Å². The number of rotatable bonds is 8. The molecule has 0 bridgehead atoms. The highest BCUT2D eigenvalue weighted by Crippen LogP contribution is 2.19. The maximum Gasteiger partial charge on any atom is 0.223 e. The average Bonchev–Trinajstić information content (AvgIpc) is 2.72. The smallest absolute Gasteiger partial charge is 0.223 e. The van der Waals surface area contributed by atoms with Gasteiger partial charge in [-0.25, -0.2) is 4.98 Å². The van der Waals surface area contributed by atoms with Crippen molar-refractivity contribution in [2.45, 2.75) is 39.0 Å². The highest BCUT2D eigenvalue weighted by molar-refractivity contribution is 5.76. The Labute approximate surface area is 172 Å². The minimum absolute atomic E-state index is 0.0570. The zero-order valence-corrected chi connectivity index (χ0v) is 17.3. The number of carbonyl (C=O) groups is 1. The van der Waals surface area contributed by atoms with Crippen molar-refractivity contribution in [2.75, 3.05) is 31.7 Å².